The number of nitrogens with zero attached hydrogens (tertiary/aromatic N) is 5. The molecule has 1 atom stereocenters. The molecule has 12 heteroatoms. The van der Waals surface area contributed by atoms with Crippen molar-refractivity contribution in [2.24, 2.45) is 5.10 Å². The molecule has 4 rings (SSSR count). The quantitative estimate of drug-likeness (QED) is 0.678. The Labute approximate surface area is 181 Å². The highest BCUT2D eigenvalue weighted by Crippen LogP contribution is 2.33. The summed E-state index contributed by atoms with van der Waals surface area (Å²) in [4.78, 5) is 37.3. The fourth-order valence-corrected chi connectivity index (χ4v) is 3.67. The minimum absolute atomic E-state index is 0.0341. The molecule has 1 unspecified atom stereocenters. The number of amides is 3. The summed E-state index contributed by atoms with van der Waals surface area (Å²) in [7, 11) is 0. The number of rotatable bonds is 6. The number of benzene rings is 1. The molecule has 3 heterocycles. The van der Waals surface area contributed by atoms with Gasteiger partial charge in [0.1, 0.15) is 5.71 Å². The molecule has 168 valence electrons. The lowest BCUT2D eigenvalue weighted by Crippen LogP contribution is -2.44. The van der Waals surface area contributed by atoms with Crippen LogP contribution in [-0.4, -0.2) is 61.8 Å². The molecule has 1 aromatic heterocycles. The number of hydrazone groups is 1. The van der Waals surface area contributed by atoms with Crippen LogP contribution in [0.1, 0.15) is 35.3 Å². The first-order valence-electron chi connectivity index (χ1n) is 10.1. The average Bonchev–Trinajstić information content (AvgIpc) is 3.36. The number of carbonyl (C=O) groups is 3. The molecule has 2 aliphatic rings. The molecule has 1 aromatic carbocycles. The third kappa shape index (κ3) is 4.95. The molecule has 2 aromatic rings. The first kappa shape index (κ1) is 21.5. The van der Waals surface area contributed by atoms with Crippen molar-refractivity contribution in [3.8, 4) is 0 Å². The smallest absolute Gasteiger partial charge is 0.273 e. The molecular weight excluding hydrogens is 424 g/mol. The second-order valence-corrected chi connectivity index (χ2v) is 7.73. The van der Waals surface area contributed by atoms with Gasteiger partial charge in [-0.05, 0) is 5.56 Å². The van der Waals surface area contributed by atoms with Gasteiger partial charge in [-0.25, -0.2) is 18.9 Å². The maximum Gasteiger partial charge on any atom is 0.273 e. The van der Waals surface area contributed by atoms with Gasteiger partial charge in [-0.15, -0.1) is 5.10 Å². The van der Waals surface area contributed by atoms with Gasteiger partial charge in [-0.3, -0.25) is 14.4 Å². The molecule has 2 aliphatic heterocycles. The van der Waals surface area contributed by atoms with Crippen molar-refractivity contribution >= 4 is 23.4 Å². The van der Waals surface area contributed by atoms with Crippen molar-refractivity contribution in [3.05, 3.63) is 47.8 Å². The normalized spacial score (nSPS) is 19.9. The Morgan fingerprint density at radius 2 is 2.00 bits per heavy atom. The van der Waals surface area contributed by atoms with E-state index < -0.39 is 36.7 Å². The van der Waals surface area contributed by atoms with Crippen molar-refractivity contribution in [2.45, 2.75) is 44.3 Å². The molecule has 32 heavy (non-hydrogen) atoms. The van der Waals surface area contributed by atoms with Gasteiger partial charge in [-0.1, -0.05) is 35.5 Å². The number of hydrogen-bond donors (Lipinski definition) is 2. The predicted octanol–water partition coefficient (Wildman–Crippen LogP) is 0.710. The van der Waals surface area contributed by atoms with E-state index in [1.807, 2.05) is 30.3 Å². The van der Waals surface area contributed by atoms with Gasteiger partial charge in [0.05, 0.1) is 25.3 Å². The highest BCUT2D eigenvalue weighted by molar-refractivity contribution is 6.39. The van der Waals surface area contributed by atoms with Crippen LogP contribution in [-0.2, 0) is 22.7 Å². The van der Waals surface area contributed by atoms with E-state index in [0.29, 0.717) is 6.54 Å². The summed E-state index contributed by atoms with van der Waals surface area (Å²) in [6.45, 7) is -0.495. The van der Waals surface area contributed by atoms with Gasteiger partial charge in [0, 0.05) is 25.8 Å². The first-order valence-corrected chi connectivity index (χ1v) is 10.1. The third-order valence-electron chi connectivity index (χ3n) is 5.25. The van der Waals surface area contributed by atoms with Crippen molar-refractivity contribution in [1.82, 2.24) is 30.6 Å². The summed E-state index contributed by atoms with van der Waals surface area (Å²) in [5, 5.41) is 14.1. The van der Waals surface area contributed by atoms with Crippen LogP contribution >= 0.6 is 0 Å². The zero-order valence-electron chi connectivity index (χ0n) is 17.0. The average molecular weight is 445 g/mol. The van der Waals surface area contributed by atoms with Gasteiger partial charge in [0.15, 0.2) is 5.69 Å². The summed E-state index contributed by atoms with van der Waals surface area (Å²) < 4.78 is 29.5. The second kappa shape index (κ2) is 8.81. The molecular formula is C20H21F2N7O3. The molecule has 10 nitrogen and oxygen atoms in total. The van der Waals surface area contributed by atoms with Crippen LogP contribution in [0, 0.1) is 0 Å². The number of likely N-dealkylation sites (tertiary alicyclic amines) is 1. The number of carbonyl (C=O) groups excluding carboxylic acids is 3. The fraction of sp³-hybridized carbons (Fsp3) is 0.400. The monoisotopic (exact) mass is 445 g/mol. The fourth-order valence-electron chi connectivity index (χ4n) is 3.67. The largest absolute Gasteiger partial charge is 0.347 e. The highest BCUT2D eigenvalue weighted by atomic mass is 19.3. The van der Waals surface area contributed by atoms with Gasteiger partial charge < -0.3 is 10.2 Å². The van der Waals surface area contributed by atoms with Gasteiger partial charge in [-0.2, -0.15) is 5.10 Å². The molecule has 0 radical (unpaired) electrons. The Morgan fingerprint density at radius 1 is 1.22 bits per heavy atom. The summed E-state index contributed by atoms with van der Waals surface area (Å²) in [6, 6.07) is 8.45. The number of hydrogen-bond acceptors (Lipinski definition) is 6. The van der Waals surface area contributed by atoms with E-state index in [9.17, 15) is 23.2 Å². The van der Waals surface area contributed by atoms with Crippen LogP contribution in [0.15, 0.2) is 41.6 Å². The van der Waals surface area contributed by atoms with E-state index in [0.717, 1.165) is 10.5 Å². The number of alkyl halides is 2. The van der Waals surface area contributed by atoms with Gasteiger partial charge in [0.25, 0.3) is 17.7 Å². The van der Waals surface area contributed by atoms with E-state index in [4.69, 9.17) is 0 Å². The van der Waals surface area contributed by atoms with Crippen molar-refractivity contribution in [3.63, 3.8) is 0 Å². The number of aromatic nitrogens is 3. The maximum atomic E-state index is 14.1. The van der Waals surface area contributed by atoms with Gasteiger partial charge >= 0.3 is 0 Å². The lowest BCUT2D eigenvalue weighted by molar-refractivity contribution is -0.126. The molecule has 1 fully saturated rings. The van der Waals surface area contributed by atoms with Crippen molar-refractivity contribution in [2.75, 3.05) is 6.54 Å². The van der Waals surface area contributed by atoms with E-state index in [1.165, 1.54) is 10.9 Å². The zero-order chi connectivity index (χ0) is 22.7. The summed E-state index contributed by atoms with van der Waals surface area (Å²) >= 11 is 0. The van der Waals surface area contributed by atoms with Crippen molar-refractivity contribution in [1.29, 1.82) is 0 Å². The molecule has 2 N–H and O–H groups in total. The third-order valence-corrected chi connectivity index (χ3v) is 5.25. The molecule has 3 amide bonds. The second-order valence-electron chi connectivity index (χ2n) is 7.73. The maximum absolute atomic E-state index is 14.1. The topological polar surface area (TPSA) is 122 Å². The number of halogens is 2. The van der Waals surface area contributed by atoms with Crippen LogP contribution in [0.3, 0.4) is 0 Å². The Kier molecular flexibility index (Phi) is 5.93. The van der Waals surface area contributed by atoms with Crippen LogP contribution < -0.4 is 10.7 Å². The summed E-state index contributed by atoms with van der Waals surface area (Å²) in [5.41, 5.74) is 3.20. The Bertz CT molecular complexity index is 1050. The Morgan fingerprint density at radius 3 is 2.72 bits per heavy atom. The lowest BCUT2D eigenvalue weighted by Gasteiger charge is -2.25. The van der Waals surface area contributed by atoms with Crippen LogP contribution in [0.25, 0.3) is 0 Å². The van der Waals surface area contributed by atoms with E-state index in [2.05, 4.69) is 26.2 Å². The Hall–Kier alpha value is -3.70. The van der Waals surface area contributed by atoms with Crippen molar-refractivity contribution < 1.29 is 23.2 Å². The molecule has 0 aliphatic carbocycles. The van der Waals surface area contributed by atoms with Crippen LogP contribution in [0.5, 0.6) is 0 Å². The van der Waals surface area contributed by atoms with Crippen LogP contribution in [0.2, 0.25) is 0 Å². The van der Waals surface area contributed by atoms with E-state index >= 15 is 0 Å². The SMILES string of the molecule is O=C1CCC(C(=O)N2CC(F)(F)CC2Cn2cc(C(=O)NCc3ccccc3)nn2)=NN1. The first-order chi connectivity index (χ1) is 15.3. The molecule has 0 bridgehead atoms. The molecule has 1 saturated heterocycles. The summed E-state index contributed by atoms with van der Waals surface area (Å²) in [5.74, 6) is -4.48. The zero-order valence-corrected chi connectivity index (χ0v) is 17.0. The van der Waals surface area contributed by atoms with E-state index in [-0.39, 0.29) is 36.7 Å². The van der Waals surface area contributed by atoms with Gasteiger partial charge in [0.2, 0.25) is 5.91 Å². The summed E-state index contributed by atoms with van der Waals surface area (Å²) in [6.07, 6.45) is 0.976. The molecule has 0 saturated carbocycles. The highest BCUT2D eigenvalue weighted by Gasteiger charge is 2.48. The standard InChI is InChI=1S/C20H21F2N7O3/c21-20(22)8-14(29(12-20)19(32)15-6-7-17(30)26-24-15)10-28-11-16(25-27-28)18(31)23-9-13-4-2-1-3-5-13/h1-5,11,14H,6-10,12H2,(H,23,31)(H,26,30). The minimum atomic E-state index is -3.06. The molecule has 0 spiro atoms. The lowest BCUT2D eigenvalue weighted by atomic mass is 10.1. The Balaban J connectivity index is 1.41. The van der Waals surface area contributed by atoms with E-state index in [1.54, 1.807) is 0 Å². The number of nitrogens with one attached hydrogen (secondary N) is 2. The van der Waals surface area contributed by atoms with Crippen LogP contribution in [0.4, 0.5) is 8.78 Å². The predicted molar refractivity (Wildman–Crippen MR) is 108 cm³/mol. The minimum Gasteiger partial charge on any atom is -0.347 e.